The SMILES string of the molecule is Cc1cc(C(=O)N2CCC(C(=O)Nc3ccc(S(N)(=O)=O)cc3)CC2)c2ccccc2n1. The lowest BCUT2D eigenvalue weighted by molar-refractivity contribution is -0.121. The zero-order chi connectivity index (χ0) is 22.9. The maximum absolute atomic E-state index is 13.2. The highest BCUT2D eigenvalue weighted by molar-refractivity contribution is 7.89. The Morgan fingerprint density at radius 1 is 1.06 bits per heavy atom. The molecular weight excluding hydrogens is 428 g/mol. The first-order valence-corrected chi connectivity index (χ1v) is 11.9. The molecule has 0 radical (unpaired) electrons. The van der Waals surface area contributed by atoms with Crippen molar-refractivity contribution in [2.45, 2.75) is 24.7 Å². The molecule has 1 aromatic heterocycles. The molecule has 3 aromatic rings. The van der Waals surface area contributed by atoms with E-state index in [1.165, 1.54) is 24.3 Å². The summed E-state index contributed by atoms with van der Waals surface area (Å²) in [4.78, 5) is 32.1. The zero-order valence-electron chi connectivity index (χ0n) is 17.6. The molecule has 1 fully saturated rings. The van der Waals surface area contributed by atoms with Crippen LogP contribution >= 0.6 is 0 Å². The van der Waals surface area contributed by atoms with Crippen LogP contribution < -0.4 is 10.5 Å². The van der Waals surface area contributed by atoms with Crippen LogP contribution in [0.2, 0.25) is 0 Å². The minimum Gasteiger partial charge on any atom is -0.339 e. The molecule has 0 atom stereocenters. The maximum Gasteiger partial charge on any atom is 0.254 e. The van der Waals surface area contributed by atoms with E-state index in [0.29, 0.717) is 37.2 Å². The molecular formula is C23H24N4O4S. The average molecular weight is 453 g/mol. The van der Waals surface area contributed by atoms with Crippen molar-refractivity contribution in [1.82, 2.24) is 9.88 Å². The number of amides is 2. The summed E-state index contributed by atoms with van der Waals surface area (Å²) >= 11 is 0. The van der Waals surface area contributed by atoms with Crippen LogP contribution in [-0.2, 0) is 14.8 Å². The van der Waals surface area contributed by atoms with E-state index in [9.17, 15) is 18.0 Å². The summed E-state index contributed by atoms with van der Waals surface area (Å²) in [6.45, 7) is 2.84. The molecule has 0 aliphatic carbocycles. The van der Waals surface area contributed by atoms with E-state index in [1.807, 2.05) is 37.3 Å². The number of hydrogen-bond acceptors (Lipinski definition) is 5. The highest BCUT2D eigenvalue weighted by Gasteiger charge is 2.28. The summed E-state index contributed by atoms with van der Waals surface area (Å²) in [6, 6.07) is 15.1. The number of anilines is 1. The van der Waals surface area contributed by atoms with E-state index < -0.39 is 10.0 Å². The number of aromatic nitrogens is 1. The number of para-hydroxylation sites is 1. The first kappa shape index (κ1) is 21.9. The number of pyridine rings is 1. The number of piperidine rings is 1. The first-order chi connectivity index (χ1) is 15.2. The molecule has 1 aliphatic heterocycles. The van der Waals surface area contributed by atoms with Gasteiger partial charge in [0.05, 0.1) is 16.0 Å². The molecule has 9 heteroatoms. The van der Waals surface area contributed by atoms with Crippen LogP contribution in [0.3, 0.4) is 0 Å². The van der Waals surface area contributed by atoms with Gasteiger partial charge in [0.15, 0.2) is 0 Å². The lowest BCUT2D eigenvalue weighted by Crippen LogP contribution is -2.41. The van der Waals surface area contributed by atoms with Crippen LogP contribution in [0.5, 0.6) is 0 Å². The van der Waals surface area contributed by atoms with Gasteiger partial charge in [-0.25, -0.2) is 13.6 Å². The fourth-order valence-electron chi connectivity index (χ4n) is 3.97. The smallest absolute Gasteiger partial charge is 0.254 e. The van der Waals surface area contributed by atoms with Gasteiger partial charge in [-0.05, 0) is 56.2 Å². The quantitative estimate of drug-likeness (QED) is 0.630. The molecule has 2 amide bonds. The molecule has 3 N–H and O–H groups in total. The highest BCUT2D eigenvalue weighted by Crippen LogP contribution is 2.24. The number of rotatable bonds is 4. The molecule has 4 rings (SSSR count). The highest BCUT2D eigenvalue weighted by atomic mass is 32.2. The van der Waals surface area contributed by atoms with Gasteiger partial charge >= 0.3 is 0 Å². The Morgan fingerprint density at radius 2 is 1.72 bits per heavy atom. The fourth-order valence-corrected chi connectivity index (χ4v) is 4.49. The second-order valence-corrected chi connectivity index (χ2v) is 9.51. The summed E-state index contributed by atoms with van der Waals surface area (Å²) < 4.78 is 22.7. The monoisotopic (exact) mass is 452 g/mol. The summed E-state index contributed by atoms with van der Waals surface area (Å²) in [5.41, 5.74) is 2.71. The van der Waals surface area contributed by atoms with Gasteiger partial charge in [-0.15, -0.1) is 0 Å². The Bertz CT molecular complexity index is 1280. The molecule has 1 saturated heterocycles. The van der Waals surface area contributed by atoms with Gasteiger partial charge < -0.3 is 10.2 Å². The van der Waals surface area contributed by atoms with Crippen molar-refractivity contribution in [3.05, 3.63) is 65.9 Å². The summed E-state index contributed by atoms with van der Waals surface area (Å²) in [7, 11) is -3.78. The van der Waals surface area contributed by atoms with Gasteiger partial charge in [0, 0.05) is 35.8 Å². The van der Waals surface area contributed by atoms with E-state index in [1.54, 1.807) is 4.90 Å². The van der Waals surface area contributed by atoms with Gasteiger partial charge in [-0.3, -0.25) is 14.6 Å². The van der Waals surface area contributed by atoms with Crippen molar-refractivity contribution in [2.75, 3.05) is 18.4 Å². The molecule has 0 spiro atoms. The molecule has 0 unspecified atom stereocenters. The number of carbonyl (C=O) groups excluding carboxylic acids is 2. The number of primary sulfonamides is 1. The van der Waals surface area contributed by atoms with Crippen molar-refractivity contribution in [3.63, 3.8) is 0 Å². The van der Waals surface area contributed by atoms with Crippen molar-refractivity contribution in [2.24, 2.45) is 11.1 Å². The van der Waals surface area contributed by atoms with E-state index in [-0.39, 0.29) is 22.6 Å². The number of nitrogens with one attached hydrogen (secondary N) is 1. The molecule has 2 aromatic carbocycles. The van der Waals surface area contributed by atoms with E-state index in [4.69, 9.17) is 5.14 Å². The van der Waals surface area contributed by atoms with Crippen molar-refractivity contribution < 1.29 is 18.0 Å². The second kappa shape index (κ2) is 8.68. The molecule has 8 nitrogen and oxygen atoms in total. The maximum atomic E-state index is 13.2. The standard InChI is InChI=1S/C23H24N4O4S/c1-15-14-20(19-4-2-3-5-21(19)25-15)23(29)27-12-10-16(11-13-27)22(28)26-17-6-8-18(9-7-17)32(24,30)31/h2-9,14,16H,10-13H2,1H3,(H,26,28)(H2,24,30,31). The van der Waals surface area contributed by atoms with Crippen molar-refractivity contribution >= 4 is 38.4 Å². The number of likely N-dealkylation sites (tertiary alicyclic amines) is 1. The number of nitrogens with zero attached hydrogens (tertiary/aromatic N) is 2. The van der Waals surface area contributed by atoms with Gasteiger partial charge in [0.1, 0.15) is 0 Å². The van der Waals surface area contributed by atoms with Crippen LogP contribution in [0.15, 0.2) is 59.5 Å². The van der Waals surface area contributed by atoms with Crippen molar-refractivity contribution in [3.8, 4) is 0 Å². The predicted molar refractivity (Wildman–Crippen MR) is 122 cm³/mol. The van der Waals surface area contributed by atoms with E-state index in [0.717, 1.165) is 16.6 Å². The molecule has 166 valence electrons. The lowest BCUT2D eigenvalue weighted by atomic mass is 9.95. The molecule has 32 heavy (non-hydrogen) atoms. The van der Waals surface area contributed by atoms with Crippen molar-refractivity contribution in [1.29, 1.82) is 0 Å². The van der Waals surface area contributed by atoms with Crippen LogP contribution in [0.4, 0.5) is 5.69 Å². The third-order valence-electron chi connectivity index (χ3n) is 5.68. The largest absolute Gasteiger partial charge is 0.339 e. The Hall–Kier alpha value is -3.30. The Labute approximate surface area is 186 Å². The van der Waals surface area contributed by atoms with Gasteiger partial charge in [0.2, 0.25) is 15.9 Å². The predicted octanol–water partition coefficient (Wildman–Crippen LogP) is 2.68. The molecule has 1 aliphatic rings. The summed E-state index contributed by atoms with van der Waals surface area (Å²) in [6.07, 6.45) is 1.10. The Balaban J connectivity index is 1.40. The van der Waals surface area contributed by atoms with Gasteiger partial charge in [-0.1, -0.05) is 18.2 Å². The number of hydrogen-bond donors (Lipinski definition) is 2. The number of fused-ring (bicyclic) bond motifs is 1. The molecule has 2 heterocycles. The number of aryl methyl sites for hydroxylation is 1. The van der Waals surface area contributed by atoms with Gasteiger partial charge in [0.25, 0.3) is 5.91 Å². The number of sulfonamides is 1. The third kappa shape index (κ3) is 4.63. The minimum absolute atomic E-state index is 0.0128. The minimum atomic E-state index is -3.78. The zero-order valence-corrected chi connectivity index (χ0v) is 18.4. The van der Waals surface area contributed by atoms with E-state index >= 15 is 0 Å². The average Bonchev–Trinajstić information content (AvgIpc) is 2.78. The fraction of sp³-hybridized carbons (Fsp3) is 0.261. The number of carbonyl (C=O) groups is 2. The summed E-state index contributed by atoms with van der Waals surface area (Å²) in [5, 5.41) is 8.73. The van der Waals surface area contributed by atoms with E-state index in [2.05, 4.69) is 10.3 Å². The molecule has 0 saturated carbocycles. The van der Waals surface area contributed by atoms with Crippen LogP contribution in [0.1, 0.15) is 28.9 Å². The lowest BCUT2D eigenvalue weighted by Gasteiger charge is -2.31. The molecule has 0 bridgehead atoms. The third-order valence-corrected chi connectivity index (χ3v) is 6.61. The normalized spacial score (nSPS) is 15.0. The first-order valence-electron chi connectivity index (χ1n) is 10.3. The Kier molecular flexibility index (Phi) is 5.94. The second-order valence-electron chi connectivity index (χ2n) is 7.95. The number of benzene rings is 2. The topological polar surface area (TPSA) is 122 Å². The van der Waals surface area contributed by atoms with Crippen LogP contribution in [0.25, 0.3) is 10.9 Å². The van der Waals surface area contributed by atoms with Gasteiger partial charge in [-0.2, -0.15) is 0 Å². The van der Waals surface area contributed by atoms with Crippen LogP contribution in [-0.4, -0.2) is 43.2 Å². The summed E-state index contributed by atoms with van der Waals surface area (Å²) in [5.74, 6) is -0.428. The Morgan fingerprint density at radius 3 is 2.38 bits per heavy atom. The number of nitrogens with two attached hydrogens (primary N) is 1. The van der Waals surface area contributed by atoms with Crippen LogP contribution in [0, 0.1) is 12.8 Å².